The molecule has 1 N–H and O–H groups in total. The Morgan fingerprint density at radius 1 is 1.12 bits per heavy atom. The van der Waals surface area contributed by atoms with Crippen LogP contribution in [0.2, 0.25) is 5.02 Å². The van der Waals surface area contributed by atoms with Crippen molar-refractivity contribution in [2.24, 2.45) is 0 Å². The lowest BCUT2D eigenvalue weighted by Gasteiger charge is -2.14. The molecule has 26 heavy (non-hydrogen) atoms. The third kappa shape index (κ3) is 3.50. The molecule has 1 aliphatic heterocycles. The van der Waals surface area contributed by atoms with E-state index < -0.39 is 11.8 Å². The van der Waals surface area contributed by atoms with Crippen molar-refractivity contribution >= 4 is 35.2 Å². The Kier molecular flexibility index (Phi) is 5.14. The topological polar surface area (TPSA) is 67.9 Å². The normalized spacial score (nSPS) is 15.3. The monoisotopic (exact) mass is 372 g/mol. The first-order valence-corrected chi connectivity index (χ1v) is 8.35. The Morgan fingerprint density at radius 3 is 2.50 bits per heavy atom. The van der Waals surface area contributed by atoms with Gasteiger partial charge in [-0.2, -0.15) is 0 Å². The van der Waals surface area contributed by atoms with Crippen LogP contribution in [0.25, 0.3) is 6.08 Å². The molecule has 0 aromatic heterocycles. The summed E-state index contributed by atoms with van der Waals surface area (Å²) in [6, 6.07) is 11.8. The summed E-state index contributed by atoms with van der Waals surface area (Å²) >= 11 is 5.86. The maximum absolute atomic E-state index is 12.6. The van der Waals surface area contributed by atoms with Crippen LogP contribution in [0.5, 0.6) is 11.5 Å². The number of hydrogen-bond donors (Lipinski definition) is 1. The number of methoxy groups -OCH3 is 1. The van der Waals surface area contributed by atoms with E-state index in [4.69, 9.17) is 21.1 Å². The Labute approximate surface area is 155 Å². The van der Waals surface area contributed by atoms with Crippen LogP contribution in [0.4, 0.5) is 5.69 Å². The summed E-state index contributed by atoms with van der Waals surface area (Å²) in [6.07, 6.45) is 1.52. The van der Waals surface area contributed by atoms with E-state index in [1.54, 1.807) is 42.5 Å². The van der Waals surface area contributed by atoms with Gasteiger partial charge < -0.3 is 9.47 Å². The molecule has 1 saturated heterocycles. The summed E-state index contributed by atoms with van der Waals surface area (Å²) in [4.78, 5) is 24.9. The van der Waals surface area contributed by atoms with Gasteiger partial charge in [-0.1, -0.05) is 17.7 Å². The Hall–Kier alpha value is -2.99. The number of halogens is 1. The van der Waals surface area contributed by atoms with Crippen LogP contribution < -0.4 is 19.9 Å². The third-order valence-corrected chi connectivity index (χ3v) is 4.03. The fourth-order valence-electron chi connectivity index (χ4n) is 2.54. The van der Waals surface area contributed by atoms with Crippen molar-refractivity contribution in [3.63, 3.8) is 0 Å². The number of nitrogens with one attached hydrogen (secondary N) is 1. The fraction of sp³-hybridized carbons (Fsp3) is 0.158. The summed E-state index contributed by atoms with van der Waals surface area (Å²) in [5.41, 5.74) is 3.76. The summed E-state index contributed by atoms with van der Waals surface area (Å²) in [5.74, 6) is 0.215. The zero-order chi connectivity index (χ0) is 18.7. The lowest BCUT2D eigenvalue weighted by molar-refractivity contribution is -0.117. The first-order valence-electron chi connectivity index (χ1n) is 7.97. The summed E-state index contributed by atoms with van der Waals surface area (Å²) < 4.78 is 10.8. The van der Waals surface area contributed by atoms with Crippen molar-refractivity contribution in [3.05, 3.63) is 58.6 Å². The predicted octanol–water partition coefficient (Wildman–Crippen LogP) is 3.21. The van der Waals surface area contributed by atoms with Crippen LogP contribution in [0.1, 0.15) is 12.5 Å². The van der Waals surface area contributed by atoms with Crippen molar-refractivity contribution in [2.75, 3.05) is 18.7 Å². The molecule has 0 bridgehead atoms. The lowest BCUT2D eigenvalue weighted by atomic mass is 10.1. The SMILES string of the molecule is CCOc1ccc(C=C2C(=O)NN(c3ccc(Cl)cc3)C2=O)cc1OC. The average molecular weight is 373 g/mol. The largest absolute Gasteiger partial charge is 0.493 e. The quantitative estimate of drug-likeness (QED) is 0.646. The molecule has 0 radical (unpaired) electrons. The molecule has 0 atom stereocenters. The van der Waals surface area contributed by atoms with Crippen LogP contribution in [0, 0.1) is 0 Å². The zero-order valence-corrected chi connectivity index (χ0v) is 15.0. The van der Waals surface area contributed by atoms with Gasteiger partial charge in [0.05, 0.1) is 19.4 Å². The highest BCUT2D eigenvalue weighted by Crippen LogP contribution is 2.30. The van der Waals surface area contributed by atoms with Crippen molar-refractivity contribution < 1.29 is 19.1 Å². The van der Waals surface area contributed by atoms with Crippen molar-refractivity contribution in [1.29, 1.82) is 0 Å². The van der Waals surface area contributed by atoms with Crippen LogP contribution in [0.3, 0.4) is 0 Å². The van der Waals surface area contributed by atoms with Gasteiger partial charge in [0, 0.05) is 5.02 Å². The number of amides is 2. The first-order chi connectivity index (χ1) is 12.5. The Bertz CT molecular complexity index is 878. The van der Waals surface area contributed by atoms with Crippen LogP contribution >= 0.6 is 11.6 Å². The van der Waals surface area contributed by atoms with Gasteiger partial charge >= 0.3 is 0 Å². The summed E-state index contributed by atoms with van der Waals surface area (Å²) in [6.45, 7) is 2.38. The second-order valence-electron chi connectivity index (χ2n) is 5.46. The molecule has 134 valence electrons. The van der Waals surface area contributed by atoms with E-state index in [0.717, 1.165) is 0 Å². The second-order valence-corrected chi connectivity index (χ2v) is 5.90. The minimum Gasteiger partial charge on any atom is -0.493 e. The van der Waals surface area contributed by atoms with Gasteiger partial charge in [-0.15, -0.1) is 0 Å². The second kappa shape index (κ2) is 7.49. The van der Waals surface area contributed by atoms with E-state index in [1.165, 1.54) is 18.2 Å². The van der Waals surface area contributed by atoms with Crippen molar-refractivity contribution in [3.8, 4) is 11.5 Å². The van der Waals surface area contributed by atoms with E-state index in [1.807, 2.05) is 6.92 Å². The van der Waals surface area contributed by atoms with Crippen LogP contribution in [-0.2, 0) is 9.59 Å². The number of hydrazine groups is 1. The number of rotatable bonds is 5. The number of carbonyl (C=O) groups is 2. The third-order valence-electron chi connectivity index (χ3n) is 3.77. The number of anilines is 1. The molecule has 2 aromatic rings. The molecular weight excluding hydrogens is 356 g/mol. The van der Waals surface area contributed by atoms with Gasteiger partial charge in [0.2, 0.25) is 0 Å². The molecule has 0 saturated carbocycles. The maximum Gasteiger partial charge on any atom is 0.282 e. The number of ether oxygens (including phenoxy) is 2. The number of nitrogens with zero attached hydrogens (tertiary/aromatic N) is 1. The molecule has 7 heteroatoms. The van der Waals surface area contributed by atoms with Crippen molar-refractivity contribution in [2.45, 2.75) is 6.92 Å². The number of hydrogen-bond acceptors (Lipinski definition) is 4. The molecule has 3 rings (SSSR count). The van der Waals surface area contributed by atoms with Gasteiger partial charge in [0.25, 0.3) is 11.8 Å². The van der Waals surface area contributed by atoms with Crippen molar-refractivity contribution in [1.82, 2.24) is 5.43 Å². The highest BCUT2D eigenvalue weighted by molar-refractivity contribution is 6.32. The summed E-state index contributed by atoms with van der Waals surface area (Å²) in [7, 11) is 1.53. The predicted molar refractivity (Wildman–Crippen MR) is 99.2 cm³/mol. The molecule has 1 heterocycles. The zero-order valence-electron chi connectivity index (χ0n) is 14.3. The highest BCUT2D eigenvalue weighted by Gasteiger charge is 2.34. The van der Waals surface area contributed by atoms with E-state index in [0.29, 0.717) is 34.4 Å². The molecule has 2 amide bonds. The molecule has 1 aliphatic rings. The van der Waals surface area contributed by atoms with Gasteiger partial charge in [0.15, 0.2) is 11.5 Å². The van der Waals surface area contributed by atoms with Gasteiger partial charge in [-0.05, 0) is 55.0 Å². The van der Waals surface area contributed by atoms with Gasteiger partial charge in [-0.25, -0.2) is 5.01 Å². The number of benzene rings is 2. The van der Waals surface area contributed by atoms with Gasteiger partial charge in [0.1, 0.15) is 5.57 Å². The lowest BCUT2D eigenvalue weighted by Crippen LogP contribution is -2.35. The minimum absolute atomic E-state index is 0.0335. The molecule has 1 fully saturated rings. The van der Waals surface area contributed by atoms with E-state index >= 15 is 0 Å². The smallest absolute Gasteiger partial charge is 0.282 e. The van der Waals surface area contributed by atoms with E-state index in [2.05, 4.69) is 5.43 Å². The van der Waals surface area contributed by atoms with Gasteiger partial charge in [-0.3, -0.25) is 15.0 Å². The maximum atomic E-state index is 12.6. The van der Waals surface area contributed by atoms with E-state index in [9.17, 15) is 9.59 Å². The molecular formula is C19H17ClN2O4. The Balaban J connectivity index is 1.90. The van der Waals surface area contributed by atoms with E-state index in [-0.39, 0.29) is 5.57 Å². The fourth-order valence-corrected chi connectivity index (χ4v) is 2.67. The molecule has 6 nitrogen and oxygen atoms in total. The van der Waals surface area contributed by atoms with Crippen LogP contribution in [-0.4, -0.2) is 25.5 Å². The molecule has 2 aromatic carbocycles. The molecule has 0 unspecified atom stereocenters. The minimum atomic E-state index is -0.474. The van der Waals surface area contributed by atoms with Crippen LogP contribution in [0.15, 0.2) is 48.0 Å². The highest BCUT2D eigenvalue weighted by atomic mass is 35.5. The first kappa shape index (κ1) is 17.8. The number of carbonyl (C=O) groups excluding carboxylic acids is 2. The molecule has 0 spiro atoms. The Morgan fingerprint density at radius 2 is 1.85 bits per heavy atom. The average Bonchev–Trinajstić information content (AvgIpc) is 2.92. The summed E-state index contributed by atoms with van der Waals surface area (Å²) in [5, 5.41) is 1.74. The molecule has 0 aliphatic carbocycles. The standard InChI is InChI=1S/C19H17ClN2O4/c1-3-26-16-9-4-12(11-17(16)25-2)10-15-18(23)21-22(19(15)24)14-7-5-13(20)6-8-14/h4-11H,3H2,1-2H3,(H,21,23).